The summed E-state index contributed by atoms with van der Waals surface area (Å²) in [7, 11) is 0. The third kappa shape index (κ3) is 2.44. The van der Waals surface area contributed by atoms with Crippen molar-refractivity contribution in [1.82, 2.24) is 0 Å². The number of nitrogens with one attached hydrogen (secondary N) is 1. The third-order valence-electron chi connectivity index (χ3n) is 3.55. The molecule has 1 aromatic carbocycles. The second-order valence-corrected chi connectivity index (χ2v) is 4.64. The van der Waals surface area contributed by atoms with Crippen molar-refractivity contribution in [3.8, 4) is 0 Å². The van der Waals surface area contributed by atoms with Crippen molar-refractivity contribution < 1.29 is 0 Å². The van der Waals surface area contributed by atoms with E-state index in [4.69, 9.17) is 5.73 Å². The summed E-state index contributed by atoms with van der Waals surface area (Å²) in [5.41, 5.74) is 7.81. The van der Waals surface area contributed by atoms with Crippen molar-refractivity contribution in [2.24, 2.45) is 11.8 Å². The monoisotopic (exact) mass is 204 g/mol. The van der Waals surface area contributed by atoms with Crippen LogP contribution in [0.4, 0.5) is 11.4 Å². The van der Waals surface area contributed by atoms with Gasteiger partial charge >= 0.3 is 0 Å². The molecule has 82 valence electrons. The maximum atomic E-state index is 5.88. The number of para-hydroxylation sites is 2. The SMILES string of the molecule is CC1CCCC1CNc1ccccc1N. The number of benzene rings is 1. The standard InChI is InChI=1S/C13H20N2/c1-10-5-4-6-11(10)9-15-13-8-3-2-7-12(13)14/h2-3,7-8,10-11,15H,4-6,9,14H2,1H3. The normalized spacial score (nSPS) is 25.4. The third-order valence-corrected chi connectivity index (χ3v) is 3.55. The molecule has 0 spiro atoms. The van der Waals surface area contributed by atoms with Gasteiger partial charge in [0.05, 0.1) is 11.4 Å². The van der Waals surface area contributed by atoms with Crippen molar-refractivity contribution in [1.29, 1.82) is 0 Å². The molecule has 1 fully saturated rings. The Hall–Kier alpha value is -1.18. The van der Waals surface area contributed by atoms with Gasteiger partial charge in [0.1, 0.15) is 0 Å². The molecular formula is C13H20N2. The average Bonchev–Trinajstić information content (AvgIpc) is 2.63. The Morgan fingerprint density at radius 1 is 1.33 bits per heavy atom. The predicted molar refractivity (Wildman–Crippen MR) is 65.8 cm³/mol. The molecule has 1 saturated carbocycles. The van der Waals surface area contributed by atoms with E-state index in [2.05, 4.69) is 18.3 Å². The van der Waals surface area contributed by atoms with Crippen molar-refractivity contribution >= 4 is 11.4 Å². The zero-order valence-corrected chi connectivity index (χ0v) is 9.37. The summed E-state index contributed by atoms with van der Waals surface area (Å²) in [5, 5.41) is 3.46. The van der Waals surface area contributed by atoms with E-state index in [-0.39, 0.29) is 0 Å². The highest BCUT2D eigenvalue weighted by atomic mass is 14.9. The van der Waals surface area contributed by atoms with Crippen LogP contribution in [0.5, 0.6) is 0 Å². The molecule has 0 saturated heterocycles. The van der Waals surface area contributed by atoms with E-state index in [1.54, 1.807) is 0 Å². The number of nitrogen functional groups attached to an aromatic ring is 1. The molecule has 0 amide bonds. The van der Waals surface area contributed by atoms with Gasteiger partial charge in [-0.1, -0.05) is 31.9 Å². The Kier molecular flexibility index (Phi) is 3.14. The molecule has 1 aliphatic rings. The summed E-state index contributed by atoms with van der Waals surface area (Å²) in [4.78, 5) is 0. The first-order valence-corrected chi connectivity index (χ1v) is 5.86. The van der Waals surface area contributed by atoms with Crippen LogP contribution in [0.15, 0.2) is 24.3 Å². The van der Waals surface area contributed by atoms with E-state index in [9.17, 15) is 0 Å². The lowest BCUT2D eigenvalue weighted by Gasteiger charge is -2.17. The molecule has 2 unspecified atom stereocenters. The maximum Gasteiger partial charge on any atom is 0.0574 e. The van der Waals surface area contributed by atoms with Gasteiger partial charge < -0.3 is 11.1 Å². The van der Waals surface area contributed by atoms with Crippen LogP contribution in [0, 0.1) is 11.8 Å². The van der Waals surface area contributed by atoms with E-state index in [0.717, 1.165) is 29.8 Å². The van der Waals surface area contributed by atoms with Crippen LogP contribution in [0.1, 0.15) is 26.2 Å². The quantitative estimate of drug-likeness (QED) is 0.742. The Morgan fingerprint density at radius 3 is 2.80 bits per heavy atom. The highest BCUT2D eigenvalue weighted by Gasteiger charge is 2.22. The second-order valence-electron chi connectivity index (χ2n) is 4.64. The number of rotatable bonds is 3. The molecule has 2 heteroatoms. The molecule has 0 heterocycles. The lowest BCUT2D eigenvalue weighted by molar-refractivity contribution is 0.440. The minimum Gasteiger partial charge on any atom is -0.397 e. The Bertz CT molecular complexity index is 322. The largest absolute Gasteiger partial charge is 0.397 e. The van der Waals surface area contributed by atoms with Gasteiger partial charge in [-0.15, -0.1) is 0 Å². The molecule has 0 radical (unpaired) electrons. The number of nitrogens with two attached hydrogens (primary N) is 1. The van der Waals surface area contributed by atoms with Crippen LogP contribution < -0.4 is 11.1 Å². The fraction of sp³-hybridized carbons (Fsp3) is 0.538. The van der Waals surface area contributed by atoms with Crippen LogP contribution in [0.3, 0.4) is 0 Å². The summed E-state index contributed by atoms with van der Waals surface area (Å²) >= 11 is 0. The van der Waals surface area contributed by atoms with Gasteiger partial charge in [0.2, 0.25) is 0 Å². The van der Waals surface area contributed by atoms with E-state index in [1.807, 2.05) is 18.2 Å². The fourth-order valence-corrected chi connectivity index (χ4v) is 2.42. The molecule has 0 aromatic heterocycles. The summed E-state index contributed by atoms with van der Waals surface area (Å²) in [6.07, 6.45) is 4.13. The molecule has 0 bridgehead atoms. The van der Waals surface area contributed by atoms with Crippen LogP contribution in [0.2, 0.25) is 0 Å². The minimum atomic E-state index is 0.824. The molecule has 2 atom stereocenters. The van der Waals surface area contributed by atoms with Gasteiger partial charge in [0, 0.05) is 6.54 Å². The number of hydrogen-bond acceptors (Lipinski definition) is 2. The first-order valence-electron chi connectivity index (χ1n) is 5.86. The zero-order valence-electron chi connectivity index (χ0n) is 9.37. The smallest absolute Gasteiger partial charge is 0.0574 e. The fourth-order valence-electron chi connectivity index (χ4n) is 2.42. The highest BCUT2D eigenvalue weighted by Crippen LogP contribution is 2.31. The van der Waals surface area contributed by atoms with Gasteiger partial charge in [-0.2, -0.15) is 0 Å². The van der Waals surface area contributed by atoms with Crippen LogP contribution >= 0.6 is 0 Å². The first-order chi connectivity index (χ1) is 7.27. The summed E-state index contributed by atoms with van der Waals surface area (Å²) < 4.78 is 0. The molecule has 1 aliphatic carbocycles. The molecule has 2 nitrogen and oxygen atoms in total. The molecular weight excluding hydrogens is 184 g/mol. The van der Waals surface area contributed by atoms with Crippen LogP contribution in [0.25, 0.3) is 0 Å². The van der Waals surface area contributed by atoms with Crippen molar-refractivity contribution in [3.05, 3.63) is 24.3 Å². The van der Waals surface area contributed by atoms with Crippen LogP contribution in [-0.2, 0) is 0 Å². The summed E-state index contributed by atoms with van der Waals surface area (Å²) in [6.45, 7) is 3.42. The molecule has 15 heavy (non-hydrogen) atoms. The molecule has 3 N–H and O–H groups in total. The second kappa shape index (κ2) is 4.56. The Balaban J connectivity index is 1.90. The van der Waals surface area contributed by atoms with E-state index in [0.29, 0.717) is 0 Å². The number of anilines is 2. The van der Waals surface area contributed by atoms with Gasteiger partial charge in [0.15, 0.2) is 0 Å². The minimum absolute atomic E-state index is 0.824. The average molecular weight is 204 g/mol. The lowest BCUT2D eigenvalue weighted by Crippen LogP contribution is -2.16. The predicted octanol–water partition coefficient (Wildman–Crippen LogP) is 3.12. The topological polar surface area (TPSA) is 38.0 Å². The van der Waals surface area contributed by atoms with Crippen molar-refractivity contribution in [3.63, 3.8) is 0 Å². The summed E-state index contributed by atoms with van der Waals surface area (Å²) in [6, 6.07) is 7.99. The Labute approximate surface area is 91.9 Å². The van der Waals surface area contributed by atoms with Gasteiger partial charge in [-0.25, -0.2) is 0 Å². The molecule has 0 aliphatic heterocycles. The zero-order chi connectivity index (χ0) is 10.7. The van der Waals surface area contributed by atoms with Gasteiger partial charge in [-0.05, 0) is 30.4 Å². The highest BCUT2D eigenvalue weighted by molar-refractivity contribution is 5.65. The number of hydrogen-bond donors (Lipinski definition) is 2. The maximum absolute atomic E-state index is 5.88. The van der Waals surface area contributed by atoms with E-state index >= 15 is 0 Å². The molecule has 2 rings (SSSR count). The van der Waals surface area contributed by atoms with Crippen molar-refractivity contribution in [2.45, 2.75) is 26.2 Å². The van der Waals surface area contributed by atoms with Crippen molar-refractivity contribution in [2.75, 3.05) is 17.6 Å². The van der Waals surface area contributed by atoms with Gasteiger partial charge in [-0.3, -0.25) is 0 Å². The van der Waals surface area contributed by atoms with Crippen LogP contribution in [-0.4, -0.2) is 6.54 Å². The van der Waals surface area contributed by atoms with E-state index < -0.39 is 0 Å². The van der Waals surface area contributed by atoms with E-state index in [1.165, 1.54) is 19.3 Å². The van der Waals surface area contributed by atoms with Gasteiger partial charge in [0.25, 0.3) is 0 Å². The molecule has 1 aromatic rings. The summed E-state index contributed by atoms with van der Waals surface area (Å²) in [5.74, 6) is 1.69. The first kappa shape index (κ1) is 10.3. The lowest BCUT2D eigenvalue weighted by atomic mass is 9.98. The Morgan fingerprint density at radius 2 is 2.13 bits per heavy atom.